The Morgan fingerprint density at radius 1 is 0.704 bits per heavy atom. The topological polar surface area (TPSA) is 116 Å². The fraction of sp³-hybridized carbons (Fsp3) is 0.579. The summed E-state index contributed by atoms with van der Waals surface area (Å²) in [4.78, 5) is 43.3. The van der Waals surface area contributed by atoms with Crippen LogP contribution in [0.2, 0.25) is 0 Å². The molecule has 0 saturated heterocycles. The highest BCUT2D eigenvalue weighted by molar-refractivity contribution is 5.93. The Labute approximate surface area is 160 Å². The molecule has 0 aliphatic rings. The Kier molecular flexibility index (Phi) is 16.6. The van der Waals surface area contributed by atoms with E-state index in [1.807, 2.05) is 20.8 Å². The maximum atomic E-state index is 11.2. The average Bonchev–Trinajstić information content (AvgIpc) is 2.62. The fourth-order valence-electron chi connectivity index (χ4n) is 1.36. The predicted octanol–water partition coefficient (Wildman–Crippen LogP) is 2.81. The predicted molar refractivity (Wildman–Crippen MR) is 98.9 cm³/mol. The first-order valence-electron chi connectivity index (χ1n) is 8.76. The Hall–Kier alpha value is -2.64. The third-order valence-corrected chi connectivity index (χ3v) is 2.64. The van der Waals surface area contributed by atoms with E-state index in [0.29, 0.717) is 26.2 Å². The van der Waals surface area contributed by atoms with E-state index in [1.165, 1.54) is 0 Å². The van der Waals surface area contributed by atoms with Crippen LogP contribution in [0, 0.1) is 0 Å². The molecule has 0 radical (unpaired) electrons. The lowest BCUT2D eigenvalue weighted by molar-refractivity contribution is -0.146. The van der Waals surface area contributed by atoms with E-state index < -0.39 is 23.9 Å². The highest BCUT2D eigenvalue weighted by Gasteiger charge is 2.13. The molecule has 0 amide bonds. The number of hydrogen-bond donors (Lipinski definition) is 1. The molecule has 27 heavy (non-hydrogen) atoms. The zero-order chi connectivity index (χ0) is 21.2. The molecule has 0 bridgehead atoms. The minimum Gasteiger partial charge on any atom is -0.481 e. The van der Waals surface area contributed by atoms with E-state index in [1.54, 1.807) is 0 Å². The largest absolute Gasteiger partial charge is 0.481 e. The lowest BCUT2D eigenvalue weighted by Gasteiger charge is -2.06. The standard InChI is InChI=1S/C11H18O4.C8H12O4/c1-4-6-14-10(12)8-9(3)11(13)15-7-5-2;1-3-4-12-8(11)6(2)5-7(9)10/h3-8H2,1-2H3;2-5H2,1H3,(H,9,10). The van der Waals surface area contributed by atoms with E-state index in [2.05, 4.69) is 17.9 Å². The van der Waals surface area contributed by atoms with Crippen molar-refractivity contribution in [1.82, 2.24) is 0 Å². The van der Waals surface area contributed by atoms with Gasteiger partial charge in [0, 0.05) is 11.1 Å². The van der Waals surface area contributed by atoms with Gasteiger partial charge in [-0.2, -0.15) is 0 Å². The quantitative estimate of drug-likeness (QED) is 0.309. The molecule has 0 aromatic carbocycles. The lowest BCUT2D eigenvalue weighted by atomic mass is 10.2. The number of ether oxygens (including phenoxy) is 3. The number of carboxylic acid groups (broad SMARTS) is 1. The highest BCUT2D eigenvalue weighted by atomic mass is 16.5. The van der Waals surface area contributed by atoms with Crippen molar-refractivity contribution in [3.8, 4) is 0 Å². The van der Waals surface area contributed by atoms with Crippen molar-refractivity contribution in [2.24, 2.45) is 0 Å². The number of carbonyl (C=O) groups excluding carboxylic acids is 3. The highest BCUT2D eigenvalue weighted by Crippen LogP contribution is 2.04. The van der Waals surface area contributed by atoms with Gasteiger partial charge in [-0.1, -0.05) is 33.9 Å². The summed E-state index contributed by atoms with van der Waals surface area (Å²) < 4.78 is 14.3. The normalized spacial score (nSPS) is 9.30. The molecule has 0 heterocycles. The van der Waals surface area contributed by atoms with Crippen molar-refractivity contribution in [1.29, 1.82) is 0 Å². The van der Waals surface area contributed by atoms with Gasteiger partial charge in [-0.15, -0.1) is 0 Å². The van der Waals surface area contributed by atoms with Crippen LogP contribution in [0.1, 0.15) is 52.9 Å². The van der Waals surface area contributed by atoms with Gasteiger partial charge in [-0.3, -0.25) is 9.59 Å². The minimum atomic E-state index is -1.08. The zero-order valence-corrected chi connectivity index (χ0v) is 16.4. The van der Waals surface area contributed by atoms with E-state index in [-0.39, 0.29) is 24.0 Å². The van der Waals surface area contributed by atoms with Gasteiger partial charge in [-0.05, 0) is 19.3 Å². The number of aliphatic carboxylic acids is 1. The third-order valence-electron chi connectivity index (χ3n) is 2.64. The number of carboxylic acids is 1. The monoisotopic (exact) mass is 386 g/mol. The molecule has 8 nitrogen and oxygen atoms in total. The van der Waals surface area contributed by atoms with Crippen molar-refractivity contribution in [3.05, 3.63) is 24.3 Å². The van der Waals surface area contributed by atoms with E-state index in [0.717, 1.165) is 12.8 Å². The molecule has 0 atom stereocenters. The van der Waals surface area contributed by atoms with Crippen molar-refractivity contribution in [2.45, 2.75) is 52.9 Å². The summed E-state index contributed by atoms with van der Waals surface area (Å²) in [7, 11) is 0. The molecular formula is C19H30O8. The van der Waals surface area contributed by atoms with Crippen LogP contribution in [-0.4, -0.2) is 48.8 Å². The Balaban J connectivity index is 0. The van der Waals surface area contributed by atoms with Crippen LogP contribution in [0.25, 0.3) is 0 Å². The van der Waals surface area contributed by atoms with E-state index in [4.69, 9.17) is 14.6 Å². The van der Waals surface area contributed by atoms with Crippen molar-refractivity contribution in [3.63, 3.8) is 0 Å². The van der Waals surface area contributed by atoms with Crippen LogP contribution in [0.15, 0.2) is 24.3 Å². The van der Waals surface area contributed by atoms with Crippen molar-refractivity contribution in [2.75, 3.05) is 19.8 Å². The van der Waals surface area contributed by atoms with Gasteiger partial charge in [0.2, 0.25) is 0 Å². The molecule has 154 valence electrons. The van der Waals surface area contributed by atoms with Crippen LogP contribution < -0.4 is 0 Å². The second-order valence-electron chi connectivity index (χ2n) is 5.45. The van der Waals surface area contributed by atoms with Gasteiger partial charge in [0.15, 0.2) is 0 Å². The number of rotatable bonds is 12. The summed E-state index contributed by atoms with van der Waals surface area (Å²) in [6, 6.07) is 0. The van der Waals surface area contributed by atoms with Gasteiger partial charge < -0.3 is 19.3 Å². The van der Waals surface area contributed by atoms with Gasteiger partial charge >= 0.3 is 23.9 Å². The molecule has 1 N–H and O–H groups in total. The van der Waals surface area contributed by atoms with Crippen LogP contribution in [-0.2, 0) is 33.4 Å². The molecule has 0 aromatic rings. The summed E-state index contributed by atoms with van der Waals surface area (Å²) in [6.07, 6.45) is 1.77. The lowest BCUT2D eigenvalue weighted by Crippen LogP contribution is -2.13. The average molecular weight is 386 g/mol. The first-order valence-corrected chi connectivity index (χ1v) is 8.76. The first kappa shape index (κ1) is 26.6. The summed E-state index contributed by atoms with van der Waals surface area (Å²) in [5.41, 5.74) is 0.125. The minimum absolute atomic E-state index is 0.0176. The zero-order valence-electron chi connectivity index (χ0n) is 16.4. The molecule has 0 unspecified atom stereocenters. The Morgan fingerprint density at radius 3 is 1.44 bits per heavy atom. The molecule has 0 aromatic heterocycles. The maximum Gasteiger partial charge on any atom is 0.333 e. The van der Waals surface area contributed by atoms with Crippen LogP contribution in [0.3, 0.4) is 0 Å². The second-order valence-corrected chi connectivity index (χ2v) is 5.45. The van der Waals surface area contributed by atoms with Gasteiger partial charge in [0.1, 0.15) is 0 Å². The van der Waals surface area contributed by atoms with E-state index >= 15 is 0 Å². The molecule has 0 saturated carbocycles. The molecule has 0 rings (SSSR count). The smallest absolute Gasteiger partial charge is 0.333 e. The summed E-state index contributed by atoms with van der Waals surface area (Å²) in [5, 5.41) is 8.29. The maximum absolute atomic E-state index is 11.2. The SMILES string of the molecule is C=C(CC(=O)O)C(=O)OCCC.C=C(CC(=O)OCCC)C(=O)OCCC. The third kappa shape index (κ3) is 16.6. The Bertz CT molecular complexity index is 522. The first-order chi connectivity index (χ1) is 12.7. The summed E-state index contributed by atoms with van der Waals surface area (Å²) in [5.74, 6) is -2.66. The van der Waals surface area contributed by atoms with E-state index in [9.17, 15) is 19.2 Å². The number of hydrogen-bond acceptors (Lipinski definition) is 7. The molecule has 0 spiro atoms. The molecular weight excluding hydrogens is 356 g/mol. The molecule has 8 heteroatoms. The summed E-state index contributed by atoms with van der Waals surface area (Å²) >= 11 is 0. The second kappa shape index (κ2) is 16.8. The van der Waals surface area contributed by atoms with Crippen LogP contribution >= 0.6 is 0 Å². The molecule has 0 fully saturated rings. The molecule has 0 aliphatic heterocycles. The molecule has 0 aliphatic carbocycles. The van der Waals surface area contributed by atoms with Gasteiger partial charge in [0.25, 0.3) is 0 Å². The van der Waals surface area contributed by atoms with Crippen molar-refractivity contribution < 1.29 is 38.5 Å². The Morgan fingerprint density at radius 2 is 1.07 bits per heavy atom. The summed E-state index contributed by atoms with van der Waals surface area (Å²) in [6.45, 7) is 13.4. The van der Waals surface area contributed by atoms with Crippen LogP contribution in [0.5, 0.6) is 0 Å². The van der Waals surface area contributed by atoms with Gasteiger partial charge in [-0.25, -0.2) is 9.59 Å². The van der Waals surface area contributed by atoms with Gasteiger partial charge in [0.05, 0.1) is 32.7 Å². The van der Waals surface area contributed by atoms with Crippen LogP contribution in [0.4, 0.5) is 0 Å². The van der Waals surface area contributed by atoms with Crippen molar-refractivity contribution >= 4 is 23.9 Å². The fourth-order valence-corrected chi connectivity index (χ4v) is 1.36. The number of carbonyl (C=O) groups is 4. The number of esters is 3.